The third-order valence-electron chi connectivity index (χ3n) is 8.41. The molecule has 2 aliphatic rings. The quantitative estimate of drug-likeness (QED) is 0.157. The van der Waals surface area contributed by atoms with Crippen molar-refractivity contribution in [2.75, 3.05) is 26.4 Å². The standard InChI is InChI=1S/C32H50O8S2/c1-21-11-9-13-31(5,6)29(21)25(33)17-23(3)27(41(35)36)19-39-15-16-40-20-28(42(37)38)24(4)18-26(34)30-22(2)12-10-14-32(30,7)8/h9-12,23-24,27-28H,13-20H2,1-8H3,(H,35,36)(H,37,38)/p-2. The molecule has 0 spiro atoms. The highest BCUT2D eigenvalue weighted by atomic mass is 32.2. The van der Waals surface area contributed by atoms with Gasteiger partial charge in [0.05, 0.1) is 26.4 Å². The van der Waals surface area contributed by atoms with Gasteiger partial charge in [-0.3, -0.25) is 18.0 Å². The van der Waals surface area contributed by atoms with Gasteiger partial charge in [-0.25, -0.2) is 0 Å². The predicted octanol–water partition coefficient (Wildman–Crippen LogP) is 5.31. The zero-order chi connectivity index (χ0) is 31.8. The summed E-state index contributed by atoms with van der Waals surface area (Å²) in [4.78, 5) is 26.2. The first-order valence-corrected chi connectivity index (χ1v) is 16.9. The third-order valence-corrected chi connectivity index (χ3v) is 10.6. The Bertz CT molecular complexity index is 1070. The maximum atomic E-state index is 13.1. The van der Waals surface area contributed by atoms with Crippen molar-refractivity contribution in [1.82, 2.24) is 0 Å². The highest BCUT2D eigenvalue weighted by Gasteiger charge is 2.34. The number of hydrogen-bond donors (Lipinski definition) is 0. The van der Waals surface area contributed by atoms with E-state index in [1.54, 1.807) is 13.8 Å². The summed E-state index contributed by atoms with van der Waals surface area (Å²) in [5, 5.41) is -1.75. The zero-order valence-corrected chi connectivity index (χ0v) is 28.0. The Hall–Kier alpha value is -1.56. The lowest BCUT2D eigenvalue weighted by Crippen LogP contribution is -2.34. The molecule has 0 aromatic heterocycles. The maximum absolute atomic E-state index is 13.1. The van der Waals surface area contributed by atoms with Crippen LogP contribution in [0.4, 0.5) is 0 Å². The molecule has 0 saturated heterocycles. The summed E-state index contributed by atoms with van der Waals surface area (Å²) in [5.41, 5.74) is 2.71. The first-order valence-electron chi connectivity index (χ1n) is 14.6. The number of hydrogen-bond acceptors (Lipinski definition) is 8. The van der Waals surface area contributed by atoms with Gasteiger partial charge >= 0.3 is 0 Å². The number of rotatable bonds is 17. The Balaban J connectivity index is 1.85. The van der Waals surface area contributed by atoms with Crippen LogP contribution in [0.5, 0.6) is 0 Å². The molecule has 0 aliphatic heterocycles. The molecule has 238 valence electrons. The largest absolute Gasteiger partial charge is 0.772 e. The molecule has 6 atom stereocenters. The van der Waals surface area contributed by atoms with Crippen LogP contribution in [0.25, 0.3) is 0 Å². The fourth-order valence-electron chi connectivity index (χ4n) is 6.08. The van der Waals surface area contributed by atoms with E-state index in [9.17, 15) is 27.1 Å². The molecule has 0 heterocycles. The van der Waals surface area contributed by atoms with E-state index in [1.807, 2.05) is 65.8 Å². The smallest absolute Gasteiger partial charge is 0.159 e. The lowest BCUT2D eigenvalue weighted by molar-refractivity contribution is -0.118. The van der Waals surface area contributed by atoms with E-state index in [1.165, 1.54) is 0 Å². The van der Waals surface area contributed by atoms with Crippen LogP contribution in [0.1, 0.15) is 81.1 Å². The lowest BCUT2D eigenvalue weighted by atomic mass is 9.72. The van der Waals surface area contributed by atoms with Crippen LogP contribution >= 0.6 is 0 Å². The SMILES string of the molecule is CC1=C(C(=O)CC(C)C(COCCOCC(C(C)CC(=O)C2=C(C)C=CCC2(C)C)S(=O)[O-])S(=O)[O-])C(C)(C)CC=C1. The van der Waals surface area contributed by atoms with Gasteiger partial charge in [0, 0.05) is 34.5 Å². The van der Waals surface area contributed by atoms with Gasteiger partial charge in [-0.15, -0.1) is 0 Å². The third kappa shape index (κ3) is 9.99. The van der Waals surface area contributed by atoms with Gasteiger partial charge in [-0.1, -0.05) is 65.8 Å². The van der Waals surface area contributed by atoms with Gasteiger partial charge in [-0.05, 0) is 82.7 Å². The molecular formula is C32H48O8S2-2. The van der Waals surface area contributed by atoms with E-state index < -0.39 is 44.5 Å². The second-order valence-electron chi connectivity index (χ2n) is 13.1. The topological polar surface area (TPSA) is 133 Å². The Morgan fingerprint density at radius 1 is 0.762 bits per heavy atom. The summed E-state index contributed by atoms with van der Waals surface area (Å²) < 4.78 is 59.0. The molecule has 0 N–H and O–H groups in total. The molecule has 2 aliphatic carbocycles. The molecule has 0 fully saturated rings. The van der Waals surface area contributed by atoms with Gasteiger partial charge in [0.25, 0.3) is 0 Å². The number of carbonyl (C=O) groups excluding carboxylic acids is 2. The van der Waals surface area contributed by atoms with Crippen LogP contribution in [0.3, 0.4) is 0 Å². The second-order valence-corrected chi connectivity index (χ2v) is 15.3. The monoisotopic (exact) mass is 624 g/mol. The summed E-state index contributed by atoms with van der Waals surface area (Å²) in [5.74, 6) is -1.000. The van der Waals surface area contributed by atoms with E-state index in [0.29, 0.717) is 0 Å². The molecule has 10 heteroatoms. The molecule has 8 nitrogen and oxygen atoms in total. The molecule has 0 aromatic carbocycles. The van der Waals surface area contributed by atoms with Gasteiger partial charge in [0.1, 0.15) is 0 Å². The zero-order valence-electron chi connectivity index (χ0n) is 26.4. The first kappa shape index (κ1) is 36.6. The summed E-state index contributed by atoms with van der Waals surface area (Å²) in [6, 6.07) is 0. The van der Waals surface area contributed by atoms with Crippen LogP contribution in [0.15, 0.2) is 46.6 Å². The van der Waals surface area contributed by atoms with E-state index in [2.05, 4.69) is 0 Å². The average Bonchev–Trinajstić information content (AvgIpc) is 2.83. The average molecular weight is 625 g/mol. The van der Waals surface area contributed by atoms with Crippen molar-refractivity contribution in [2.45, 2.75) is 91.6 Å². The van der Waals surface area contributed by atoms with Gasteiger partial charge < -0.3 is 18.6 Å². The van der Waals surface area contributed by atoms with Crippen molar-refractivity contribution in [3.8, 4) is 0 Å². The van der Waals surface area contributed by atoms with Crippen LogP contribution in [0, 0.1) is 22.7 Å². The molecule has 0 bridgehead atoms. The van der Waals surface area contributed by atoms with E-state index in [0.717, 1.165) is 35.1 Å². The number of Topliss-reactive ketones (excluding diaryl/α,β-unsaturated/α-hetero) is 2. The van der Waals surface area contributed by atoms with Crippen LogP contribution in [-0.4, -0.2) is 66.0 Å². The fraction of sp³-hybridized carbons (Fsp3) is 0.688. The Labute approximate surface area is 257 Å². The number of ether oxygens (including phenoxy) is 2. The Morgan fingerprint density at radius 3 is 1.38 bits per heavy atom. The maximum Gasteiger partial charge on any atom is 0.159 e. The minimum absolute atomic E-state index is 0.0487. The van der Waals surface area contributed by atoms with Crippen LogP contribution in [-0.2, 0) is 41.2 Å². The van der Waals surface area contributed by atoms with Crippen molar-refractivity contribution in [2.24, 2.45) is 22.7 Å². The highest BCUT2D eigenvalue weighted by Crippen LogP contribution is 2.39. The summed E-state index contributed by atoms with van der Waals surface area (Å²) in [6.45, 7) is 15.3. The molecule has 0 radical (unpaired) electrons. The normalized spacial score (nSPS) is 22.4. The molecule has 6 unspecified atom stereocenters. The molecular weight excluding hydrogens is 576 g/mol. The minimum Gasteiger partial charge on any atom is -0.772 e. The lowest BCUT2D eigenvalue weighted by Gasteiger charge is -2.32. The van der Waals surface area contributed by atoms with Crippen LogP contribution in [0.2, 0.25) is 0 Å². The second kappa shape index (κ2) is 16.0. The van der Waals surface area contributed by atoms with E-state index >= 15 is 0 Å². The number of ketones is 2. The van der Waals surface area contributed by atoms with Gasteiger partial charge in [0.15, 0.2) is 11.6 Å². The van der Waals surface area contributed by atoms with Crippen molar-refractivity contribution >= 4 is 33.7 Å². The molecule has 42 heavy (non-hydrogen) atoms. The van der Waals surface area contributed by atoms with Crippen molar-refractivity contribution in [3.63, 3.8) is 0 Å². The number of allylic oxidation sites excluding steroid dienone is 8. The highest BCUT2D eigenvalue weighted by molar-refractivity contribution is 7.80. The summed E-state index contributed by atoms with van der Waals surface area (Å²) in [7, 11) is 0. The summed E-state index contributed by atoms with van der Waals surface area (Å²) in [6.07, 6.45) is 9.68. The van der Waals surface area contributed by atoms with E-state index in [4.69, 9.17) is 9.47 Å². The van der Waals surface area contributed by atoms with Crippen LogP contribution < -0.4 is 0 Å². The molecule has 2 rings (SSSR count). The fourth-order valence-corrected chi connectivity index (χ4v) is 7.45. The van der Waals surface area contributed by atoms with Crippen molar-refractivity contribution in [3.05, 3.63) is 46.6 Å². The van der Waals surface area contributed by atoms with Gasteiger partial charge in [0.2, 0.25) is 0 Å². The Kier molecular flexibility index (Phi) is 13.9. The van der Waals surface area contributed by atoms with E-state index in [-0.39, 0.29) is 61.7 Å². The molecule has 0 saturated carbocycles. The van der Waals surface area contributed by atoms with Crippen molar-refractivity contribution < 1.29 is 36.6 Å². The molecule has 0 aromatic rings. The molecule has 0 amide bonds. The van der Waals surface area contributed by atoms with Crippen molar-refractivity contribution in [1.29, 1.82) is 0 Å². The predicted molar refractivity (Wildman–Crippen MR) is 165 cm³/mol. The Morgan fingerprint density at radius 2 is 1.10 bits per heavy atom. The minimum atomic E-state index is -2.45. The van der Waals surface area contributed by atoms with Gasteiger partial charge in [-0.2, -0.15) is 0 Å². The first-order chi connectivity index (χ1) is 19.5. The summed E-state index contributed by atoms with van der Waals surface area (Å²) >= 11 is -4.89. The number of carbonyl (C=O) groups is 2.